The molecule has 3 aromatic carbocycles. The van der Waals surface area contributed by atoms with E-state index < -0.39 is 29.5 Å². The third kappa shape index (κ3) is 7.53. The summed E-state index contributed by atoms with van der Waals surface area (Å²) in [5.74, 6) is 0. The van der Waals surface area contributed by atoms with Gasteiger partial charge in [0.05, 0.1) is 17.2 Å². The van der Waals surface area contributed by atoms with Gasteiger partial charge in [-0.3, -0.25) is 4.84 Å². The molecule has 0 aliphatic rings. The molecule has 0 heterocycles. The Morgan fingerprint density at radius 1 is 0.946 bits per heavy atom. The van der Waals surface area contributed by atoms with Crippen molar-refractivity contribution in [3.8, 4) is 0 Å². The fourth-order valence-electron chi connectivity index (χ4n) is 3.83. The van der Waals surface area contributed by atoms with Crippen LogP contribution in [0.25, 0.3) is 16.8 Å². The number of thiocarbonyl (C=S) groups is 1. The van der Waals surface area contributed by atoms with Gasteiger partial charge in [0.2, 0.25) is 0 Å². The number of nitrogens with one attached hydrogen (secondary N) is 1. The van der Waals surface area contributed by atoms with Crippen molar-refractivity contribution in [1.29, 1.82) is 0 Å². The average molecular weight is 541 g/mol. The maximum Gasteiger partial charge on any atom is 0.416 e. The smallest absolute Gasteiger partial charge is 0.361 e. The fourth-order valence-corrected chi connectivity index (χ4v) is 4.01. The standard InChI is InChI=1S/C27H26F6N2OS/c1-3-35(4-2)36-17-20-13-12-18(22-10-5-6-11-23(20)22)14-15-24(37)34-25(27(31,32)33)19-8-7-9-21(16-19)26(28,29)30/h5-16,25H,3-4,17H2,1-2H3,(H,34,37). The molecule has 0 radical (unpaired) electrons. The van der Waals surface area contributed by atoms with Crippen LogP contribution >= 0.6 is 12.2 Å². The Hall–Kier alpha value is -2.95. The number of halogens is 6. The van der Waals surface area contributed by atoms with Gasteiger partial charge in [-0.1, -0.05) is 80.7 Å². The summed E-state index contributed by atoms with van der Waals surface area (Å²) in [5, 5.41) is 5.76. The van der Waals surface area contributed by atoms with Gasteiger partial charge in [-0.2, -0.15) is 31.4 Å². The highest BCUT2D eigenvalue weighted by molar-refractivity contribution is 7.80. The molecule has 198 valence electrons. The third-order valence-corrected chi connectivity index (χ3v) is 5.99. The van der Waals surface area contributed by atoms with Crippen LogP contribution in [0.3, 0.4) is 0 Å². The molecule has 0 aliphatic heterocycles. The van der Waals surface area contributed by atoms with Crippen LogP contribution in [0.2, 0.25) is 0 Å². The number of hydrogen-bond acceptors (Lipinski definition) is 3. The molecule has 0 bridgehead atoms. The third-order valence-electron chi connectivity index (χ3n) is 5.73. The first-order valence-corrected chi connectivity index (χ1v) is 12.0. The van der Waals surface area contributed by atoms with E-state index in [1.165, 1.54) is 6.08 Å². The van der Waals surface area contributed by atoms with E-state index in [-0.39, 0.29) is 4.99 Å². The van der Waals surface area contributed by atoms with Gasteiger partial charge in [-0.15, -0.1) is 0 Å². The van der Waals surface area contributed by atoms with Crippen molar-refractivity contribution in [2.24, 2.45) is 0 Å². The molecule has 1 unspecified atom stereocenters. The number of hydrogen-bond donors (Lipinski definition) is 1. The highest BCUT2D eigenvalue weighted by atomic mass is 32.1. The Bertz CT molecular complexity index is 1250. The lowest BCUT2D eigenvalue weighted by molar-refractivity contribution is -0.163. The van der Waals surface area contributed by atoms with E-state index in [4.69, 9.17) is 17.1 Å². The van der Waals surface area contributed by atoms with Crippen LogP contribution in [0.4, 0.5) is 26.3 Å². The summed E-state index contributed by atoms with van der Waals surface area (Å²) in [6.45, 7) is 5.81. The van der Waals surface area contributed by atoms with Crippen molar-refractivity contribution in [2.45, 2.75) is 38.8 Å². The fraction of sp³-hybridized carbons (Fsp3) is 0.296. The van der Waals surface area contributed by atoms with E-state index in [1.807, 2.05) is 55.3 Å². The molecule has 0 amide bonds. The predicted octanol–water partition coefficient (Wildman–Crippen LogP) is 7.87. The zero-order valence-electron chi connectivity index (χ0n) is 20.2. The molecule has 10 heteroatoms. The topological polar surface area (TPSA) is 24.5 Å². The van der Waals surface area contributed by atoms with Crippen molar-refractivity contribution in [2.75, 3.05) is 13.1 Å². The number of hydroxylamine groups is 2. The summed E-state index contributed by atoms with van der Waals surface area (Å²) in [7, 11) is 0. The number of benzene rings is 3. The maximum atomic E-state index is 13.7. The minimum absolute atomic E-state index is 0.266. The van der Waals surface area contributed by atoms with Crippen LogP contribution in [0, 0.1) is 0 Å². The minimum Gasteiger partial charge on any atom is -0.361 e. The first-order valence-electron chi connectivity index (χ1n) is 11.5. The lowest BCUT2D eigenvalue weighted by Gasteiger charge is -2.23. The van der Waals surface area contributed by atoms with E-state index in [1.54, 1.807) is 6.08 Å². The summed E-state index contributed by atoms with van der Waals surface area (Å²) in [6.07, 6.45) is -6.76. The quantitative estimate of drug-likeness (QED) is 0.129. The first kappa shape index (κ1) is 28.6. The minimum atomic E-state index is -4.87. The summed E-state index contributed by atoms with van der Waals surface area (Å²) in [4.78, 5) is 5.56. The van der Waals surface area contributed by atoms with Crippen molar-refractivity contribution < 1.29 is 31.2 Å². The number of fused-ring (bicyclic) bond motifs is 1. The van der Waals surface area contributed by atoms with Crippen LogP contribution in [-0.2, 0) is 17.6 Å². The maximum absolute atomic E-state index is 13.7. The van der Waals surface area contributed by atoms with Gasteiger partial charge >= 0.3 is 12.4 Å². The lowest BCUT2D eigenvalue weighted by atomic mass is 9.99. The van der Waals surface area contributed by atoms with Crippen LogP contribution in [0.15, 0.2) is 66.7 Å². The number of alkyl halides is 6. The summed E-state index contributed by atoms with van der Waals surface area (Å²) in [5.41, 5.74) is -0.0869. The van der Waals surface area contributed by atoms with Crippen molar-refractivity contribution in [3.63, 3.8) is 0 Å². The molecular formula is C27H26F6N2OS. The molecule has 3 rings (SSSR count). The van der Waals surface area contributed by atoms with Crippen LogP contribution in [0.1, 0.15) is 42.1 Å². The largest absolute Gasteiger partial charge is 0.416 e. The molecule has 0 fully saturated rings. The van der Waals surface area contributed by atoms with Crippen molar-refractivity contribution in [1.82, 2.24) is 10.4 Å². The van der Waals surface area contributed by atoms with E-state index in [0.29, 0.717) is 18.2 Å². The number of rotatable bonds is 9. The second kappa shape index (κ2) is 12.1. The number of nitrogens with zero attached hydrogens (tertiary/aromatic N) is 1. The van der Waals surface area contributed by atoms with Crippen LogP contribution < -0.4 is 5.32 Å². The van der Waals surface area contributed by atoms with Gasteiger partial charge < -0.3 is 5.32 Å². The predicted molar refractivity (Wildman–Crippen MR) is 137 cm³/mol. The zero-order valence-corrected chi connectivity index (χ0v) is 21.0. The van der Waals surface area contributed by atoms with Gasteiger partial charge in [0.15, 0.2) is 0 Å². The molecule has 37 heavy (non-hydrogen) atoms. The van der Waals surface area contributed by atoms with Gasteiger partial charge in [0.25, 0.3) is 0 Å². The Labute approximate surface area is 216 Å². The van der Waals surface area contributed by atoms with Gasteiger partial charge in [0.1, 0.15) is 6.04 Å². The van der Waals surface area contributed by atoms with E-state index in [2.05, 4.69) is 5.32 Å². The first-order chi connectivity index (χ1) is 17.4. The molecular weight excluding hydrogens is 514 g/mol. The van der Waals surface area contributed by atoms with E-state index in [9.17, 15) is 26.3 Å². The van der Waals surface area contributed by atoms with Crippen molar-refractivity contribution in [3.05, 3.63) is 89.0 Å². The van der Waals surface area contributed by atoms with E-state index in [0.717, 1.165) is 47.6 Å². The highest BCUT2D eigenvalue weighted by Gasteiger charge is 2.42. The molecule has 1 N–H and O–H groups in total. The Morgan fingerprint density at radius 2 is 1.62 bits per heavy atom. The normalized spacial score (nSPS) is 13.4. The monoisotopic (exact) mass is 540 g/mol. The molecule has 0 aliphatic carbocycles. The molecule has 3 aromatic rings. The Balaban J connectivity index is 1.83. The van der Waals surface area contributed by atoms with Gasteiger partial charge in [0, 0.05) is 13.1 Å². The highest BCUT2D eigenvalue weighted by Crippen LogP contribution is 2.36. The van der Waals surface area contributed by atoms with E-state index >= 15 is 0 Å². The van der Waals surface area contributed by atoms with Crippen molar-refractivity contribution >= 4 is 34.1 Å². The van der Waals surface area contributed by atoms with Gasteiger partial charge in [-0.25, -0.2) is 0 Å². The average Bonchev–Trinajstić information content (AvgIpc) is 2.86. The van der Waals surface area contributed by atoms with Crippen LogP contribution in [0.5, 0.6) is 0 Å². The molecule has 0 saturated carbocycles. The summed E-state index contributed by atoms with van der Waals surface area (Å²) in [6, 6.07) is 12.0. The molecule has 0 saturated heterocycles. The molecule has 3 nitrogen and oxygen atoms in total. The second-order valence-electron chi connectivity index (χ2n) is 8.19. The molecule has 1 atom stereocenters. The summed E-state index contributed by atoms with van der Waals surface area (Å²) >= 11 is 5.10. The second-order valence-corrected chi connectivity index (χ2v) is 8.63. The van der Waals surface area contributed by atoms with Crippen LogP contribution in [-0.4, -0.2) is 29.3 Å². The summed E-state index contributed by atoms with van der Waals surface area (Å²) < 4.78 is 80.3. The lowest BCUT2D eigenvalue weighted by Crippen LogP contribution is -2.36. The zero-order chi connectivity index (χ0) is 27.2. The molecule has 0 spiro atoms. The molecule has 0 aromatic heterocycles. The Morgan fingerprint density at radius 3 is 2.24 bits per heavy atom. The SMILES string of the molecule is CCN(CC)OCc1ccc(C=CC(=S)NC(c2cccc(C(F)(F)F)c2)C(F)(F)F)c2ccccc12. The Kier molecular flexibility index (Phi) is 9.33. The van der Waals surface area contributed by atoms with Gasteiger partial charge in [-0.05, 0) is 45.7 Å².